The average molecular weight is 410 g/mol. The van der Waals surface area contributed by atoms with Crippen LogP contribution in [-0.2, 0) is 23.9 Å². The highest BCUT2D eigenvalue weighted by molar-refractivity contribution is 6.13. The molecule has 1 aliphatic heterocycles. The van der Waals surface area contributed by atoms with Crippen molar-refractivity contribution >= 4 is 23.6 Å². The SMILES string of the molecule is CCCNC(=O)CC(C)(C)COCC(C)(C)CNC(=O)CCN1C(=O)C=CC1=O. The van der Waals surface area contributed by atoms with Crippen molar-refractivity contribution in [2.45, 2.75) is 53.9 Å². The molecule has 0 atom stereocenters. The van der Waals surface area contributed by atoms with Gasteiger partial charge in [-0.05, 0) is 11.8 Å². The minimum absolute atomic E-state index is 0.0251. The van der Waals surface area contributed by atoms with Gasteiger partial charge in [0.05, 0.1) is 13.2 Å². The number of rotatable bonds is 13. The van der Waals surface area contributed by atoms with E-state index in [2.05, 4.69) is 10.6 Å². The highest BCUT2D eigenvalue weighted by atomic mass is 16.5. The summed E-state index contributed by atoms with van der Waals surface area (Å²) in [5, 5.41) is 5.70. The van der Waals surface area contributed by atoms with Gasteiger partial charge >= 0.3 is 0 Å². The van der Waals surface area contributed by atoms with E-state index in [1.807, 2.05) is 34.6 Å². The van der Waals surface area contributed by atoms with Crippen molar-refractivity contribution in [3.63, 3.8) is 0 Å². The molecule has 164 valence electrons. The average Bonchev–Trinajstić information content (AvgIpc) is 2.93. The molecule has 1 aliphatic rings. The fourth-order valence-corrected chi connectivity index (χ4v) is 2.76. The molecule has 8 nitrogen and oxygen atoms in total. The normalized spacial score (nSPS) is 14.4. The Balaban J connectivity index is 2.28. The van der Waals surface area contributed by atoms with Gasteiger partial charge in [-0.25, -0.2) is 0 Å². The lowest BCUT2D eigenvalue weighted by molar-refractivity contribution is -0.137. The summed E-state index contributed by atoms with van der Waals surface area (Å²) in [6.07, 6.45) is 3.78. The maximum Gasteiger partial charge on any atom is 0.253 e. The fraction of sp³-hybridized carbons (Fsp3) is 0.714. The van der Waals surface area contributed by atoms with Crippen LogP contribution in [-0.4, -0.2) is 61.4 Å². The van der Waals surface area contributed by atoms with Crippen LogP contribution in [0.15, 0.2) is 12.2 Å². The van der Waals surface area contributed by atoms with E-state index in [0.29, 0.717) is 32.7 Å². The van der Waals surface area contributed by atoms with Crippen LogP contribution >= 0.6 is 0 Å². The number of hydrogen-bond donors (Lipinski definition) is 2. The molecule has 0 unspecified atom stereocenters. The zero-order chi connectivity index (χ0) is 22.1. The molecule has 0 bridgehead atoms. The van der Waals surface area contributed by atoms with E-state index < -0.39 is 0 Å². The summed E-state index contributed by atoms with van der Waals surface area (Å²) < 4.78 is 5.83. The van der Waals surface area contributed by atoms with E-state index in [1.165, 1.54) is 12.2 Å². The Morgan fingerprint density at radius 1 is 0.966 bits per heavy atom. The Bertz CT molecular complexity index is 622. The second-order valence-electron chi connectivity index (χ2n) is 9.04. The molecule has 0 saturated carbocycles. The summed E-state index contributed by atoms with van der Waals surface area (Å²) in [5.74, 6) is -0.972. The highest BCUT2D eigenvalue weighted by Gasteiger charge is 2.26. The summed E-state index contributed by atoms with van der Waals surface area (Å²) in [5.41, 5.74) is -0.572. The zero-order valence-electron chi connectivity index (χ0n) is 18.3. The molecule has 1 rings (SSSR count). The third-order valence-corrected chi connectivity index (χ3v) is 4.42. The number of hydrogen-bond acceptors (Lipinski definition) is 5. The van der Waals surface area contributed by atoms with Gasteiger partial charge in [0.1, 0.15) is 0 Å². The maximum absolute atomic E-state index is 12.0. The molecule has 0 aromatic heterocycles. The molecular weight excluding hydrogens is 374 g/mol. The van der Waals surface area contributed by atoms with Crippen LogP contribution in [0.3, 0.4) is 0 Å². The van der Waals surface area contributed by atoms with E-state index in [-0.39, 0.29) is 47.4 Å². The molecule has 8 heteroatoms. The van der Waals surface area contributed by atoms with Gasteiger partial charge in [-0.3, -0.25) is 24.1 Å². The first-order chi connectivity index (χ1) is 13.5. The first kappa shape index (κ1) is 24.8. The Labute approximate surface area is 173 Å². The Morgan fingerprint density at radius 2 is 1.55 bits per heavy atom. The largest absolute Gasteiger partial charge is 0.380 e. The van der Waals surface area contributed by atoms with Crippen LogP contribution in [0, 0.1) is 10.8 Å². The highest BCUT2D eigenvalue weighted by Crippen LogP contribution is 2.23. The molecule has 1 heterocycles. The first-order valence-corrected chi connectivity index (χ1v) is 10.1. The van der Waals surface area contributed by atoms with Gasteiger partial charge < -0.3 is 15.4 Å². The van der Waals surface area contributed by atoms with Crippen molar-refractivity contribution in [1.29, 1.82) is 0 Å². The van der Waals surface area contributed by atoms with Crippen LogP contribution in [0.25, 0.3) is 0 Å². The quantitative estimate of drug-likeness (QED) is 0.448. The Kier molecular flexibility index (Phi) is 9.49. The molecule has 0 aromatic rings. The molecule has 0 fully saturated rings. The lowest BCUT2D eigenvalue weighted by atomic mass is 9.89. The van der Waals surface area contributed by atoms with Gasteiger partial charge in [0, 0.05) is 50.0 Å². The van der Waals surface area contributed by atoms with Crippen molar-refractivity contribution in [3.05, 3.63) is 12.2 Å². The smallest absolute Gasteiger partial charge is 0.253 e. The van der Waals surface area contributed by atoms with Gasteiger partial charge in [0.2, 0.25) is 11.8 Å². The maximum atomic E-state index is 12.0. The second-order valence-corrected chi connectivity index (χ2v) is 9.04. The lowest BCUT2D eigenvalue weighted by Crippen LogP contribution is -2.40. The van der Waals surface area contributed by atoms with Crippen LogP contribution < -0.4 is 10.6 Å². The van der Waals surface area contributed by atoms with Crippen LogP contribution in [0.1, 0.15) is 53.9 Å². The van der Waals surface area contributed by atoms with Crippen molar-refractivity contribution in [3.8, 4) is 0 Å². The van der Waals surface area contributed by atoms with Crippen LogP contribution in [0.2, 0.25) is 0 Å². The molecule has 2 N–H and O–H groups in total. The molecule has 0 aromatic carbocycles. The van der Waals surface area contributed by atoms with Gasteiger partial charge in [-0.15, -0.1) is 0 Å². The Morgan fingerprint density at radius 3 is 2.14 bits per heavy atom. The van der Waals surface area contributed by atoms with Gasteiger partial charge in [0.25, 0.3) is 11.8 Å². The van der Waals surface area contributed by atoms with Crippen LogP contribution in [0.5, 0.6) is 0 Å². The topological polar surface area (TPSA) is 105 Å². The summed E-state index contributed by atoms with van der Waals surface area (Å²) >= 11 is 0. The molecular formula is C21H35N3O5. The molecule has 0 spiro atoms. The van der Waals surface area contributed by atoms with Crippen molar-refractivity contribution in [1.82, 2.24) is 15.5 Å². The van der Waals surface area contributed by atoms with Crippen molar-refractivity contribution in [2.24, 2.45) is 10.8 Å². The number of carbonyl (C=O) groups excluding carboxylic acids is 4. The van der Waals surface area contributed by atoms with Crippen LogP contribution in [0.4, 0.5) is 0 Å². The summed E-state index contributed by atoms with van der Waals surface area (Å²) in [6, 6.07) is 0. The molecule has 4 amide bonds. The summed E-state index contributed by atoms with van der Waals surface area (Å²) in [4.78, 5) is 47.9. The van der Waals surface area contributed by atoms with E-state index in [0.717, 1.165) is 11.3 Å². The van der Waals surface area contributed by atoms with E-state index in [9.17, 15) is 19.2 Å². The Hall–Kier alpha value is -2.22. The fourth-order valence-electron chi connectivity index (χ4n) is 2.76. The molecule has 0 aliphatic carbocycles. The van der Waals surface area contributed by atoms with Crippen molar-refractivity contribution in [2.75, 3.05) is 32.8 Å². The number of imide groups is 1. The predicted octanol–water partition coefficient (Wildman–Crippen LogP) is 1.40. The van der Waals surface area contributed by atoms with Gasteiger partial charge in [-0.2, -0.15) is 0 Å². The standard InChI is InChI=1S/C21H35N3O5/c1-6-10-22-17(26)12-20(2,3)14-29-15-21(4,5)13-23-16(25)9-11-24-18(27)7-8-19(24)28/h7-8H,6,9-15H2,1-5H3,(H,22,26)(H,23,25). The number of nitrogens with one attached hydrogen (secondary N) is 2. The summed E-state index contributed by atoms with van der Waals surface area (Å²) in [6.45, 7) is 12.0. The monoisotopic (exact) mass is 409 g/mol. The number of amides is 4. The molecule has 0 saturated heterocycles. The zero-order valence-corrected chi connectivity index (χ0v) is 18.3. The van der Waals surface area contributed by atoms with Gasteiger partial charge in [-0.1, -0.05) is 34.6 Å². The third-order valence-electron chi connectivity index (χ3n) is 4.42. The number of carbonyl (C=O) groups is 4. The number of nitrogens with zero attached hydrogens (tertiary/aromatic N) is 1. The molecule has 29 heavy (non-hydrogen) atoms. The van der Waals surface area contributed by atoms with Crippen molar-refractivity contribution < 1.29 is 23.9 Å². The minimum atomic E-state index is -0.387. The third kappa shape index (κ3) is 9.69. The minimum Gasteiger partial charge on any atom is -0.380 e. The summed E-state index contributed by atoms with van der Waals surface area (Å²) in [7, 11) is 0. The molecule has 0 radical (unpaired) electrons. The lowest BCUT2D eigenvalue weighted by Gasteiger charge is -2.29. The van der Waals surface area contributed by atoms with E-state index >= 15 is 0 Å². The van der Waals surface area contributed by atoms with Gasteiger partial charge in [0.15, 0.2) is 0 Å². The second kappa shape index (κ2) is 11.1. The first-order valence-electron chi connectivity index (χ1n) is 10.1. The van der Waals surface area contributed by atoms with E-state index in [4.69, 9.17) is 4.74 Å². The predicted molar refractivity (Wildman–Crippen MR) is 110 cm³/mol. The number of ether oxygens (including phenoxy) is 1. The van der Waals surface area contributed by atoms with E-state index in [1.54, 1.807) is 0 Å².